The number of anilines is 1. The van der Waals surface area contributed by atoms with E-state index in [-0.39, 0.29) is 31.9 Å². The molecule has 0 atom stereocenters. The molecule has 0 aliphatic rings. The van der Waals surface area contributed by atoms with E-state index in [1.165, 1.54) is 4.90 Å². The Balaban J connectivity index is 1.73. The van der Waals surface area contributed by atoms with Gasteiger partial charge in [0.15, 0.2) is 5.88 Å². The van der Waals surface area contributed by atoms with E-state index < -0.39 is 11.4 Å². The number of fused-ring (bicyclic) bond motifs is 1. The smallest absolute Gasteiger partial charge is 0.246 e. The molecule has 1 heterocycles. The normalized spacial score (nSPS) is 12.2. The number of aromatic nitrogens is 1. The third kappa shape index (κ3) is 5.52. The number of H-pyrrole nitrogens is 1. The number of halogens is 1. The Morgan fingerprint density at radius 3 is 2.30 bits per heavy atom. The first kappa shape index (κ1) is 26.4. The lowest BCUT2D eigenvalue weighted by molar-refractivity contribution is -0.124. The molecule has 9 heteroatoms. The van der Waals surface area contributed by atoms with Gasteiger partial charge in [0.05, 0.1) is 22.5 Å². The lowest BCUT2D eigenvalue weighted by Gasteiger charge is -2.31. The summed E-state index contributed by atoms with van der Waals surface area (Å²) < 4.78 is 0. The molecule has 0 saturated heterocycles. The molecule has 0 aliphatic carbocycles. The summed E-state index contributed by atoms with van der Waals surface area (Å²) >= 11 is 6.14. The summed E-state index contributed by atoms with van der Waals surface area (Å²) in [6.45, 7) is -0.530. The van der Waals surface area contributed by atoms with Gasteiger partial charge in [-0.3, -0.25) is 4.79 Å². The van der Waals surface area contributed by atoms with Gasteiger partial charge in [0, 0.05) is 41.9 Å². The molecule has 6 N–H and O–H groups in total. The molecule has 0 fully saturated rings. The third-order valence-corrected chi connectivity index (χ3v) is 6.58. The number of aliphatic hydroxyl groups excluding tert-OH is 2. The van der Waals surface area contributed by atoms with Crippen molar-refractivity contribution in [3.05, 3.63) is 88.9 Å². The van der Waals surface area contributed by atoms with E-state index in [1.54, 1.807) is 43.4 Å². The van der Waals surface area contributed by atoms with E-state index in [2.05, 4.69) is 4.98 Å². The molecular weight excluding hydrogens is 492 g/mol. The maximum absolute atomic E-state index is 13.0. The predicted molar refractivity (Wildman–Crippen MR) is 147 cm³/mol. The number of nitrogens with one attached hydrogen (secondary N) is 1. The van der Waals surface area contributed by atoms with Gasteiger partial charge < -0.3 is 30.9 Å². The topological polar surface area (TPSA) is 135 Å². The number of nitrogens with zero attached hydrogens (tertiary/aromatic N) is 2. The molecule has 1 amide bonds. The molecule has 3 aromatic carbocycles. The highest BCUT2D eigenvalue weighted by Crippen LogP contribution is 2.33. The Hall–Kier alpha value is -3.69. The largest absolute Gasteiger partial charge is 0.494 e. The van der Waals surface area contributed by atoms with Crippen molar-refractivity contribution in [2.24, 2.45) is 10.7 Å². The van der Waals surface area contributed by atoms with Crippen molar-refractivity contribution in [1.82, 2.24) is 4.98 Å². The van der Waals surface area contributed by atoms with E-state index in [0.29, 0.717) is 33.2 Å². The van der Waals surface area contributed by atoms with Crippen LogP contribution in [0.4, 0.5) is 11.4 Å². The Morgan fingerprint density at radius 2 is 1.68 bits per heavy atom. The average molecular weight is 521 g/mol. The number of hydrogen-bond donors (Lipinski definition) is 5. The van der Waals surface area contributed by atoms with Gasteiger partial charge >= 0.3 is 0 Å². The van der Waals surface area contributed by atoms with Crippen LogP contribution in [0.3, 0.4) is 0 Å². The number of likely N-dealkylation sites (N-methyl/N-ethyl adjacent to an activating group) is 1. The maximum atomic E-state index is 13.0. The van der Waals surface area contributed by atoms with Gasteiger partial charge in [-0.05, 0) is 49.2 Å². The van der Waals surface area contributed by atoms with E-state index in [4.69, 9.17) is 22.3 Å². The van der Waals surface area contributed by atoms with Crippen molar-refractivity contribution in [1.29, 1.82) is 0 Å². The molecule has 0 saturated carbocycles. The third-order valence-electron chi connectivity index (χ3n) is 6.35. The van der Waals surface area contributed by atoms with Gasteiger partial charge in [-0.25, -0.2) is 4.99 Å². The number of hydrogen-bond acceptors (Lipinski definition) is 6. The van der Waals surface area contributed by atoms with Crippen LogP contribution in [0.2, 0.25) is 5.02 Å². The molecule has 0 bridgehead atoms. The Labute approximate surface area is 219 Å². The van der Waals surface area contributed by atoms with Gasteiger partial charge in [0.2, 0.25) is 5.91 Å². The molecule has 192 valence electrons. The zero-order valence-corrected chi connectivity index (χ0v) is 21.1. The van der Waals surface area contributed by atoms with Crippen molar-refractivity contribution in [2.75, 3.05) is 25.2 Å². The second kappa shape index (κ2) is 11.1. The summed E-state index contributed by atoms with van der Waals surface area (Å²) in [5, 5.41) is 30.8. The second-order valence-corrected chi connectivity index (χ2v) is 9.29. The van der Waals surface area contributed by atoms with Crippen LogP contribution in [0.25, 0.3) is 10.9 Å². The van der Waals surface area contributed by atoms with E-state index in [1.807, 2.05) is 36.4 Å². The van der Waals surface area contributed by atoms with Crippen LogP contribution in [0.5, 0.6) is 5.88 Å². The fraction of sp³-hybridized carbons (Fsp3) is 0.214. The lowest BCUT2D eigenvalue weighted by atomic mass is 9.91. The quantitative estimate of drug-likeness (QED) is 0.211. The fourth-order valence-electron chi connectivity index (χ4n) is 4.33. The minimum Gasteiger partial charge on any atom is -0.494 e. The Kier molecular flexibility index (Phi) is 7.94. The lowest BCUT2D eigenvalue weighted by Crippen LogP contribution is -2.55. The highest BCUT2D eigenvalue weighted by molar-refractivity contribution is 6.31. The molecule has 4 rings (SSSR count). The number of carbonyl (C=O) groups excluding carboxylic acids is 1. The molecule has 37 heavy (non-hydrogen) atoms. The molecule has 0 unspecified atom stereocenters. The van der Waals surface area contributed by atoms with Crippen molar-refractivity contribution < 1.29 is 20.1 Å². The second-order valence-electron chi connectivity index (χ2n) is 8.85. The number of carbonyl (C=O) groups is 1. The number of aliphatic hydroxyl groups is 2. The van der Waals surface area contributed by atoms with Gasteiger partial charge in [-0.15, -0.1) is 0 Å². The van der Waals surface area contributed by atoms with Crippen molar-refractivity contribution in [3.8, 4) is 5.88 Å². The number of rotatable bonds is 9. The number of aromatic amines is 1. The molecule has 0 aliphatic heterocycles. The van der Waals surface area contributed by atoms with Crippen LogP contribution >= 0.6 is 11.6 Å². The number of aromatic hydroxyl groups is 1. The minimum atomic E-state index is -1.37. The molecule has 4 aromatic rings. The van der Waals surface area contributed by atoms with Crippen LogP contribution in [0, 0.1) is 0 Å². The van der Waals surface area contributed by atoms with Crippen LogP contribution in [-0.2, 0) is 4.79 Å². The van der Waals surface area contributed by atoms with E-state index >= 15 is 0 Å². The molecule has 8 nitrogen and oxygen atoms in total. The predicted octanol–water partition coefficient (Wildman–Crippen LogP) is 4.12. The number of nitrogens with two attached hydrogens (primary N) is 1. The highest BCUT2D eigenvalue weighted by atomic mass is 35.5. The van der Waals surface area contributed by atoms with Gasteiger partial charge in [-0.1, -0.05) is 48.0 Å². The number of amides is 1. The Morgan fingerprint density at radius 1 is 1.03 bits per heavy atom. The van der Waals surface area contributed by atoms with Gasteiger partial charge in [-0.2, -0.15) is 0 Å². The monoisotopic (exact) mass is 520 g/mol. The molecule has 1 aromatic heterocycles. The van der Waals surface area contributed by atoms with Crippen molar-refractivity contribution in [2.45, 2.75) is 18.4 Å². The van der Waals surface area contributed by atoms with Crippen molar-refractivity contribution in [3.63, 3.8) is 0 Å². The van der Waals surface area contributed by atoms with Crippen molar-refractivity contribution >= 4 is 45.5 Å². The summed E-state index contributed by atoms with van der Waals surface area (Å²) in [6.07, 6.45) is 0.0811. The molecule has 0 spiro atoms. The zero-order chi connectivity index (χ0) is 26.6. The summed E-state index contributed by atoms with van der Waals surface area (Å²) in [4.78, 5) is 22.3. The van der Waals surface area contributed by atoms with Gasteiger partial charge in [0.1, 0.15) is 5.54 Å². The fourth-order valence-corrected chi connectivity index (χ4v) is 4.50. The summed E-state index contributed by atoms with van der Waals surface area (Å²) in [6, 6.07) is 21.9. The summed E-state index contributed by atoms with van der Waals surface area (Å²) in [5.41, 5.74) is 8.66. The van der Waals surface area contributed by atoms with Crippen LogP contribution in [0.15, 0.2) is 77.8 Å². The summed E-state index contributed by atoms with van der Waals surface area (Å²) in [5.74, 6) is -0.423. The highest BCUT2D eigenvalue weighted by Gasteiger charge is 2.35. The maximum Gasteiger partial charge on any atom is 0.246 e. The Bertz CT molecular complexity index is 1410. The van der Waals surface area contributed by atoms with Crippen LogP contribution < -0.4 is 10.6 Å². The number of aliphatic imine (C=N–C) groups is 1. The van der Waals surface area contributed by atoms with Gasteiger partial charge in [0.25, 0.3) is 0 Å². The first-order valence-corrected chi connectivity index (χ1v) is 12.2. The SMILES string of the molecule is CN(C(=O)C(N)(CCO)CCO)c1ccc(N=C(c2ccccc2)c2c(O)[nH]c3cc(Cl)ccc23)cc1. The minimum absolute atomic E-state index is 0.0196. The zero-order valence-electron chi connectivity index (χ0n) is 20.4. The van der Waals surface area contributed by atoms with E-state index in [9.17, 15) is 20.1 Å². The number of benzene rings is 3. The summed E-state index contributed by atoms with van der Waals surface area (Å²) in [7, 11) is 1.60. The first-order chi connectivity index (χ1) is 17.8. The molecule has 0 radical (unpaired) electrons. The standard InChI is InChI=1S/C28H29ClN4O4/c1-33(27(37)28(30,13-15-34)14-16-35)21-10-8-20(9-11-21)31-25(18-5-3-2-4-6-18)24-22-12-7-19(29)17-23(22)32-26(24)36/h2-12,17,32,34-36H,13-16,30H2,1H3. The van der Waals surface area contributed by atoms with E-state index in [0.717, 1.165) is 10.9 Å². The molecular formula is C28H29ClN4O4. The average Bonchev–Trinajstić information content (AvgIpc) is 3.22. The van der Waals surface area contributed by atoms with Crippen LogP contribution in [0.1, 0.15) is 24.0 Å². The van der Waals surface area contributed by atoms with Crippen LogP contribution in [-0.4, -0.2) is 57.7 Å². The first-order valence-electron chi connectivity index (χ1n) is 11.8.